The number of fused-ring (bicyclic) bond motifs is 1. The van der Waals surface area contributed by atoms with E-state index in [-0.39, 0.29) is 5.91 Å². The Morgan fingerprint density at radius 2 is 2.17 bits per heavy atom. The first-order valence-electron chi connectivity index (χ1n) is 8.67. The van der Waals surface area contributed by atoms with Gasteiger partial charge in [0.15, 0.2) is 0 Å². The minimum Gasteiger partial charge on any atom is -0.494 e. The number of rotatable bonds is 5. The van der Waals surface area contributed by atoms with Crippen LogP contribution in [0.25, 0.3) is 10.9 Å². The Labute approximate surface area is 142 Å². The summed E-state index contributed by atoms with van der Waals surface area (Å²) < 4.78 is 5.91. The highest BCUT2D eigenvalue weighted by molar-refractivity contribution is 6.01. The van der Waals surface area contributed by atoms with E-state index in [2.05, 4.69) is 10.3 Å². The fourth-order valence-corrected chi connectivity index (χ4v) is 3.41. The van der Waals surface area contributed by atoms with Crippen LogP contribution in [-0.2, 0) is 4.79 Å². The van der Waals surface area contributed by atoms with Gasteiger partial charge >= 0.3 is 0 Å². The lowest BCUT2D eigenvalue weighted by molar-refractivity contribution is -0.114. The topological polar surface area (TPSA) is 74.4 Å². The number of aliphatic hydroxyl groups is 1. The summed E-state index contributed by atoms with van der Waals surface area (Å²) >= 11 is 0. The summed E-state index contributed by atoms with van der Waals surface area (Å²) in [7, 11) is 0. The summed E-state index contributed by atoms with van der Waals surface area (Å²) in [5.74, 6) is 1.36. The largest absolute Gasteiger partial charge is 0.494 e. The summed E-state index contributed by atoms with van der Waals surface area (Å²) in [5.41, 5.74) is 1.27. The molecule has 5 nitrogen and oxygen atoms in total. The first kappa shape index (κ1) is 16.8. The van der Waals surface area contributed by atoms with Gasteiger partial charge in [-0.15, -0.1) is 0 Å². The lowest BCUT2D eigenvalue weighted by Crippen LogP contribution is -2.30. The smallest absolute Gasteiger partial charge is 0.221 e. The van der Waals surface area contributed by atoms with E-state index in [9.17, 15) is 9.90 Å². The SMILES string of the molecule is CC(=O)Nc1c[nH]c2ccc(OCCC3CCC(C)(O)CC3)cc12. The highest BCUT2D eigenvalue weighted by Crippen LogP contribution is 2.33. The molecule has 0 radical (unpaired) electrons. The second-order valence-electron chi connectivity index (χ2n) is 7.17. The number of H-pyrrole nitrogens is 1. The van der Waals surface area contributed by atoms with Crippen molar-refractivity contribution in [2.75, 3.05) is 11.9 Å². The molecule has 130 valence electrons. The maximum Gasteiger partial charge on any atom is 0.221 e. The van der Waals surface area contributed by atoms with Crippen LogP contribution < -0.4 is 10.1 Å². The summed E-state index contributed by atoms with van der Waals surface area (Å²) in [6.45, 7) is 4.11. The van der Waals surface area contributed by atoms with Crippen molar-refractivity contribution in [3.8, 4) is 5.75 Å². The molecule has 1 saturated carbocycles. The molecular formula is C19H26N2O3. The van der Waals surface area contributed by atoms with Crippen LogP contribution in [0.5, 0.6) is 5.75 Å². The second kappa shape index (κ2) is 6.85. The number of anilines is 1. The number of carbonyl (C=O) groups excluding carboxylic acids is 1. The quantitative estimate of drug-likeness (QED) is 0.780. The molecular weight excluding hydrogens is 304 g/mol. The molecule has 1 aromatic heterocycles. The molecule has 0 aliphatic heterocycles. The zero-order valence-corrected chi connectivity index (χ0v) is 14.4. The van der Waals surface area contributed by atoms with Crippen LogP contribution in [0.3, 0.4) is 0 Å². The molecule has 24 heavy (non-hydrogen) atoms. The van der Waals surface area contributed by atoms with E-state index in [1.807, 2.05) is 25.1 Å². The van der Waals surface area contributed by atoms with E-state index >= 15 is 0 Å². The van der Waals surface area contributed by atoms with Gasteiger partial charge in [0.25, 0.3) is 0 Å². The van der Waals surface area contributed by atoms with Gasteiger partial charge in [-0.2, -0.15) is 0 Å². The predicted octanol–water partition coefficient (Wildman–Crippen LogP) is 3.84. The van der Waals surface area contributed by atoms with Gasteiger partial charge in [-0.05, 0) is 63.1 Å². The van der Waals surface area contributed by atoms with Gasteiger partial charge in [0.1, 0.15) is 5.75 Å². The fourth-order valence-electron chi connectivity index (χ4n) is 3.41. The van der Waals surface area contributed by atoms with Crippen molar-refractivity contribution in [1.29, 1.82) is 0 Å². The Kier molecular flexibility index (Phi) is 4.81. The number of carbonyl (C=O) groups is 1. The van der Waals surface area contributed by atoms with Crippen LogP contribution in [0, 0.1) is 5.92 Å². The zero-order valence-electron chi connectivity index (χ0n) is 14.4. The minimum atomic E-state index is -0.475. The number of ether oxygens (including phenoxy) is 1. The third-order valence-electron chi connectivity index (χ3n) is 4.94. The zero-order chi connectivity index (χ0) is 17.2. The van der Waals surface area contributed by atoms with Crippen LogP contribution >= 0.6 is 0 Å². The fraction of sp³-hybridized carbons (Fsp3) is 0.526. The van der Waals surface area contributed by atoms with Crippen LogP contribution in [0.1, 0.15) is 46.0 Å². The highest BCUT2D eigenvalue weighted by atomic mass is 16.5. The lowest BCUT2D eigenvalue weighted by Gasteiger charge is -2.33. The van der Waals surface area contributed by atoms with Crippen molar-refractivity contribution in [3.05, 3.63) is 24.4 Å². The van der Waals surface area contributed by atoms with Crippen molar-refractivity contribution < 1.29 is 14.6 Å². The Hall–Kier alpha value is -2.01. The van der Waals surface area contributed by atoms with Crippen molar-refractivity contribution in [3.63, 3.8) is 0 Å². The van der Waals surface area contributed by atoms with Crippen LogP contribution in [0.2, 0.25) is 0 Å². The average molecular weight is 330 g/mol. The molecule has 1 heterocycles. The summed E-state index contributed by atoms with van der Waals surface area (Å²) in [6, 6.07) is 5.87. The van der Waals surface area contributed by atoms with Crippen LogP contribution in [0.4, 0.5) is 5.69 Å². The molecule has 0 spiro atoms. The molecule has 2 aromatic rings. The van der Waals surface area contributed by atoms with E-state index < -0.39 is 5.60 Å². The van der Waals surface area contributed by atoms with Crippen molar-refractivity contribution in [2.24, 2.45) is 5.92 Å². The van der Waals surface area contributed by atoms with Gasteiger partial charge in [0.2, 0.25) is 5.91 Å². The van der Waals surface area contributed by atoms with E-state index in [0.29, 0.717) is 12.5 Å². The highest BCUT2D eigenvalue weighted by Gasteiger charge is 2.28. The third kappa shape index (κ3) is 4.09. The van der Waals surface area contributed by atoms with E-state index in [4.69, 9.17) is 4.74 Å². The van der Waals surface area contributed by atoms with Gasteiger partial charge in [0.05, 0.1) is 17.9 Å². The molecule has 1 aliphatic rings. The van der Waals surface area contributed by atoms with Gasteiger partial charge in [0, 0.05) is 24.0 Å². The maximum absolute atomic E-state index is 11.3. The molecule has 0 atom stereocenters. The number of hydrogen-bond acceptors (Lipinski definition) is 3. The predicted molar refractivity (Wildman–Crippen MR) is 95.3 cm³/mol. The molecule has 1 aromatic carbocycles. The third-order valence-corrected chi connectivity index (χ3v) is 4.94. The molecule has 5 heteroatoms. The summed E-state index contributed by atoms with van der Waals surface area (Å²) in [6.07, 6.45) is 6.71. The standard InChI is InChI=1S/C19H26N2O3/c1-13(22)21-18-12-20-17-4-3-15(11-16(17)18)24-10-7-14-5-8-19(2,23)9-6-14/h3-4,11-12,14,20,23H,5-10H2,1-2H3,(H,21,22). The second-order valence-corrected chi connectivity index (χ2v) is 7.17. The summed E-state index contributed by atoms with van der Waals surface area (Å²) in [4.78, 5) is 14.4. The van der Waals surface area contributed by atoms with Gasteiger partial charge < -0.3 is 20.1 Å². The van der Waals surface area contributed by atoms with Crippen molar-refractivity contribution in [2.45, 2.75) is 51.6 Å². The van der Waals surface area contributed by atoms with Crippen molar-refractivity contribution in [1.82, 2.24) is 4.98 Å². The van der Waals surface area contributed by atoms with Crippen LogP contribution in [0.15, 0.2) is 24.4 Å². The minimum absolute atomic E-state index is 0.0876. The Bertz CT molecular complexity index is 710. The lowest BCUT2D eigenvalue weighted by atomic mass is 9.79. The Balaban J connectivity index is 1.56. The van der Waals surface area contributed by atoms with Crippen molar-refractivity contribution >= 4 is 22.5 Å². The maximum atomic E-state index is 11.3. The van der Waals surface area contributed by atoms with E-state index in [1.54, 1.807) is 6.20 Å². The number of amides is 1. The molecule has 0 unspecified atom stereocenters. The molecule has 0 bridgehead atoms. The van der Waals surface area contributed by atoms with Gasteiger partial charge in [-0.25, -0.2) is 0 Å². The number of benzene rings is 1. The number of aromatic nitrogens is 1. The van der Waals surface area contributed by atoms with Crippen LogP contribution in [-0.4, -0.2) is 28.2 Å². The number of hydrogen-bond donors (Lipinski definition) is 3. The van der Waals surface area contributed by atoms with Gasteiger partial charge in [-0.1, -0.05) is 0 Å². The number of aromatic amines is 1. The molecule has 3 rings (SSSR count). The monoisotopic (exact) mass is 330 g/mol. The first-order valence-corrected chi connectivity index (χ1v) is 8.67. The normalized spacial score (nSPS) is 24.0. The van der Waals surface area contributed by atoms with E-state index in [1.165, 1.54) is 6.92 Å². The Morgan fingerprint density at radius 1 is 1.42 bits per heavy atom. The molecule has 3 N–H and O–H groups in total. The molecule has 0 saturated heterocycles. The molecule has 1 amide bonds. The Morgan fingerprint density at radius 3 is 2.88 bits per heavy atom. The van der Waals surface area contributed by atoms with Gasteiger partial charge in [-0.3, -0.25) is 4.79 Å². The molecule has 1 fully saturated rings. The number of nitrogens with one attached hydrogen (secondary N) is 2. The first-order chi connectivity index (χ1) is 11.4. The molecule has 1 aliphatic carbocycles. The van der Waals surface area contributed by atoms with E-state index in [0.717, 1.165) is 54.4 Å². The summed E-state index contributed by atoms with van der Waals surface area (Å²) in [5, 5.41) is 13.8. The average Bonchev–Trinajstić information content (AvgIpc) is 2.91.